The second-order valence-corrected chi connectivity index (χ2v) is 5.96. The van der Waals surface area contributed by atoms with E-state index in [0.29, 0.717) is 42.1 Å². The Bertz CT molecular complexity index is 816. The number of aliphatic hydroxyl groups is 1. The fourth-order valence-electron chi connectivity index (χ4n) is 3.07. The molecule has 0 spiro atoms. The summed E-state index contributed by atoms with van der Waals surface area (Å²) >= 11 is 0. The second kappa shape index (κ2) is 6.08. The molecule has 2 N–H and O–H groups in total. The average Bonchev–Trinajstić information content (AvgIpc) is 3.08. The number of nitro groups is 1. The number of fused-ring (bicyclic) bond motifs is 1. The molecule has 3 rings (SSSR count). The van der Waals surface area contributed by atoms with E-state index in [0.717, 1.165) is 0 Å². The van der Waals surface area contributed by atoms with Gasteiger partial charge in [-0.3, -0.25) is 14.9 Å². The van der Waals surface area contributed by atoms with Gasteiger partial charge in [-0.25, -0.2) is 4.98 Å². The minimum atomic E-state index is -0.917. The fraction of sp³-hybridized carbons (Fsp3) is 0.467. The van der Waals surface area contributed by atoms with Gasteiger partial charge in [0.15, 0.2) is 0 Å². The van der Waals surface area contributed by atoms with Crippen LogP contribution >= 0.6 is 0 Å². The van der Waals surface area contributed by atoms with E-state index in [-0.39, 0.29) is 18.5 Å². The van der Waals surface area contributed by atoms with Crippen LogP contribution in [0.25, 0.3) is 11.0 Å². The Balaban J connectivity index is 2.06. The number of aliphatic carboxylic acids is 1. The number of rotatable bonds is 5. The van der Waals surface area contributed by atoms with E-state index < -0.39 is 17.0 Å². The van der Waals surface area contributed by atoms with Gasteiger partial charge in [0.25, 0.3) is 5.69 Å². The molecule has 0 amide bonds. The van der Waals surface area contributed by atoms with E-state index in [1.54, 1.807) is 22.6 Å². The molecule has 0 aliphatic carbocycles. The number of hydrogen-bond acceptors (Lipinski definition) is 6. The maximum absolute atomic E-state index is 11.4. The minimum absolute atomic E-state index is 0.0376. The number of nitrogens with zero attached hydrogens (tertiary/aromatic N) is 4. The zero-order chi connectivity index (χ0) is 17.4. The van der Waals surface area contributed by atoms with Crippen LogP contribution in [0.1, 0.15) is 18.7 Å². The summed E-state index contributed by atoms with van der Waals surface area (Å²) in [4.78, 5) is 28.0. The van der Waals surface area contributed by atoms with Crippen molar-refractivity contribution in [1.82, 2.24) is 9.55 Å². The van der Waals surface area contributed by atoms with E-state index >= 15 is 0 Å². The standard InChI is InChI=1S/C15H18N4O5/c1-17-11-7-13(19(23)24)12(18-5-4-9(20)8-18)6-10(11)16-14(17)2-3-15(21)22/h6-7,9,20H,2-5,8H2,1H3,(H,21,22)/t9-/m1/s1. The molecule has 9 heteroatoms. The summed E-state index contributed by atoms with van der Waals surface area (Å²) in [5, 5.41) is 29.9. The zero-order valence-electron chi connectivity index (χ0n) is 13.2. The van der Waals surface area contributed by atoms with E-state index in [2.05, 4.69) is 4.98 Å². The van der Waals surface area contributed by atoms with Gasteiger partial charge in [-0.1, -0.05) is 0 Å². The summed E-state index contributed by atoms with van der Waals surface area (Å²) < 4.78 is 1.69. The third-order valence-corrected chi connectivity index (χ3v) is 4.33. The van der Waals surface area contributed by atoms with Crippen molar-refractivity contribution in [2.45, 2.75) is 25.4 Å². The third-order valence-electron chi connectivity index (χ3n) is 4.33. The van der Waals surface area contributed by atoms with Crippen LogP contribution in [0, 0.1) is 10.1 Å². The van der Waals surface area contributed by atoms with Gasteiger partial charge in [0.2, 0.25) is 0 Å². The van der Waals surface area contributed by atoms with Gasteiger partial charge in [0, 0.05) is 32.6 Å². The Morgan fingerprint density at radius 2 is 2.25 bits per heavy atom. The minimum Gasteiger partial charge on any atom is -0.481 e. The molecule has 2 aromatic rings. The first kappa shape index (κ1) is 16.2. The lowest BCUT2D eigenvalue weighted by molar-refractivity contribution is -0.384. The normalized spacial score (nSPS) is 17.6. The molecule has 128 valence electrons. The Kier molecular flexibility index (Phi) is 4.10. The van der Waals surface area contributed by atoms with Crippen LogP contribution in [0.4, 0.5) is 11.4 Å². The predicted octanol–water partition coefficient (Wildman–Crippen LogP) is 1.07. The van der Waals surface area contributed by atoms with E-state index in [9.17, 15) is 20.0 Å². The van der Waals surface area contributed by atoms with Crippen molar-refractivity contribution in [3.8, 4) is 0 Å². The fourth-order valence-corrected chi connectivity index (χ4v) is 3.07. The van der Waals surface area contributed by atoms with Gasteiger partial charge < -0.3 is 19.7 Å². The van der Waals surface area contributed by atoms with Crippen LogP contribution in [0.15, 0.2) is 12.1 Å². The molecule has 0 radical (unpaired) electrons. The van der Waals surface area contributed by atoms with Gasteiger partial charge in [0.1, 0.15) is 11.5 Å². The molecule has 24 heavy (non-hydrogen) atoms. The lowest BCUT2D eigenvalue weighted by atomic mass is 10.2. The summed E-state index contributed by atoms with van der Waals surface area (Å²) in [6.07, 6.45) is 0.285. The first-order chi connectivity index (χ1) is 11.4. The molecule has 1 aliphatic rings. The zero-order valence-corrected chi connectivity index (χ0v) is 13.2. The summed E-state index contributed by atoms with van der Waals surface area (Å²) in [6.45, 7) is 0.900. The molecule has 0 bridgehead atoms. The van der Waals surface area contributed by atoms with Gasteiger partial charge in [-0.05, 0) is 12.5 Å². The molecule has 0 saturated carbocycles. The molecular weight excluding hydrogens is 316 g/mol. The number of carboxylic acid groups (broad SMARTS) is 1. The van der Waals surface area contributed by atoms with Crippen LogP contribution in [-0.4, -0.2) is 49.9 Å². The van der Waals surface area contributed by atoms with Crippen LogP contribution in [0.3, 0.4) is 0 Å². The molecule has 1 fully saturated rings. The largest absolute Gasteiger partial charge is 0.481 e. The van der Waals surface area contributed by atoms with Crippen LogP contribution in [0.2, 0.25) is 0 Å². The number of aliphatic hydroxyl groups excluding tert-OH is 1. The average molecular weight is 334 g/mol. The van der Waals surface area contributed by atoms with Crippen molar-refractivity contribution in [1.29, 1.82) is 0 Å². The summed E-state index contributed by atoms with van der Waals surface area (Å²) in [6, 6.07) is 3.11. The van der Waals surface area contributed by atoms with Crippen LogP contribution < -0.4 is 4.90 Å². The first-order valence-corrected chi connectivity index (χ1v) is 7.65. The lowest BCUT2D eigenvalue weighted by Crippen LogP contribution is -2.22. The summed E-state index contributed by atoms with van der Waals surface area (Å²) in [5.41, 5.74) is 1.57. The highest BCUT2D eigenvalue weighted by Gasteiger charge is 2.28. The van der Waals surface area contributed by atoms with E-state index in [1.165, 1.54) is 6.07 Å². The van der Waals surface area contributed by atoms with Crippen molar-refractivity contribution in [2.75, 3.05) is 18.0 Å². The number of benzene rings is 1. The number of β-amino-alcohol motifs (C(OH)–C–C–N with tert-alkyl or cyclic N) is 1. The number of carboxylic acids is 1. The van der Waals surface area contributed by atoms with Crippen LogP contribution in [-0.2, 0) is 18.3 Å². The highest BCUT2D eigenvalue weighted by molar-refractivity contribution is 5.86. The van der Waals surface area contributed by atoms with Crippen molar-refractivity contribution < 1.29 is 19.9 Å². The molecule has 9 nitrogen and oxygen atoms in total. The number of aromatic nitrogens is 2. The number of imidazole rings is 1. The Hall–Kier alpha value is -2.68. The van der Waals surface area contributed by atoms with Crippen LogP contribution in [0.5, 0.6) is 0 Å². The first-order valence-electron chi connectivity index (χ1n) is 7.65. The van der Waals surface area contributed by atoms with Gasteiger partial charge in [-0.15, -0.1) is 0 Å². The van der Waals surface area contributed by atoms with Gasteiger partial charge >= 0.3 is 5.97 Å². The summed E-state index contributed by atoms with van der Waals surface area (Å²) in [7, 11) is 1.72. The van der Waals surface area contributed by atoms with Gasteiger partial charge in [-0.2, -0.15) is 0 Å². The topological polar surface area (TPSA) is 122 Å². The number of nitro benzene ring substituents is 1. The van der Waals surface area contributed by atoms with Gasteiger partial charge in [0.05, 0.1) is 28.5 Å². The smallest absolute Gasteiger partial charge is 0.303 e. The molecule has 1 saturated heterocycles. The molecule has 1 aromatic heterocycles. The molecule has 2 heterocycles. The maximum atomic E-state index is 11.4. The third kappa shape index (κ3) is 2.90. The Labute approximate surface area is 137 Å². The lowest BCUT2D eigenvalue weighted by Gasteiger charge is -2.17. The van der Waals surface area contributed by atoms with E-state index in [1.807, 2.05) is 0 Å². The number of aryl methyl sites for hydroxylation is 2. The highest BCUT2D eigenvalue weighted by Crippen LogP contribution is 2.35. The summed E-state index contributed by atoms with van der Waals surface area (Å²) in [5.74, 6) is -0.347. The quantitative estimate of drug-likeness (QED) is 0.619. The molecular formula is C15H18N4O5. The van der Waals surface area contributed by atoms with Crippen molar-refractivity contribution in [3.63, 3.8) is 0 Å². The van der Waals surface area contributed by atoms with E-state index in [4.69, 9.17) is 5.11 Å². The van der Waals surface area contributed by atoms with Crippen molar-refractivity contribution in [3.05, 3.63) is 28.1 Å². The van der Waals surface area contributed by atoms with Crippen molar-refractivity contribution in [2.24, 2.45) is 7.05 Å². The number of hydrogen-bond donors (Lipinski definition) is 2. The Morgan fingerprint density at radius 1 is 1.50 bits per heavy atom. The molecule has 1 atom stereocenters. The SMILES string of the molecule is Cn1c(CCC(=O)O)nc2cc(N3CC[C@@H](O)C3)c([N+](=O)[O-])cc21. The highest BCUT2D eigenvalue weighted by atomic mass is 16.6. The molecule has 0 unspecified atom stereocenters. The van der Waals surface area contributed by atoms with Crippen molar-refractivity contribution >= 4 is 28.4 Å². The Morgan fingerprint density at radius 3 is 2.83 bits per heavy atom. The number of carbonyl (C=O) groups is 1. The second-order valence-electron chi connectivity index (χ2n) is 5.96. The molecule has 1 aromatic carbocycles. The number of anilines is 1. The maximum Gasteiger partial charge on any atom is 0.303 e. The predicted molar refractivity (Wildman–Crippen MR) is 86.2 cm³/mol. The monoisotopic (exact) mass is 334 g/mol. The molecule has 1 aliphatic heterocycles.